The average Bonchev–Trinajstić information content (AvgIpc) is 2.41. The van der Waals surface area contributed by atoms with Crippen molar-refractivity contribution in [2.75, 3.05) is 0 Å². The highest BCUT2D eigenvalue weighted by molar-refractivity contribution is 5.30. The van der Waals surface area contributed by atoms with Crippen molar-refractivity contribution in [3.05, 3.63) is 17.0 Å². The lowest BCUT2D eigenvalue weighted by atomic mass is 10.1. The Morgan fingerprint density at radius 2 is 2.36 bits per heavy atom. The summed E-state index contributed by atoms with van der Waals surface area (Å²) in [5, 5.41) is 7.22. The number of rotatable bonds is 1. The van der Waals surface area contributed by atoms with E-state index in [1.54, 1.807) is 0 Å². The highest BCUT2D eigenvalue weighted by atomic mass is 15.1. The van der Waals surface area contributed by atoms with Crippen LogP contribution in [0.2, 0.25) is 0 Å². The number of nitrogens with zero attached hydrogens (tertiary/aromatic N) is 1. The number of aromatic amines is 1. The van der Waals surface area contributed by atoms with Gasteiger partial charge in [0.05, 0.1) is 5.69 Å². The van der Waals surface area contributed by atoms with Gasteiger partial charge in [-0.1, -0.05) is 0 Å². The number of hydrogen-bond donors (Lipinski definition) is 2. The third-order valence-corrected chi connectivity index (χ3v) is 2.27. The van der Waals surface area contributed by atoms with Gasteiger partial charge in [0.2, 0.25) is 0 Å². The molecule has 1 heterocycles. The monoisotopic (exact) mass is 151 g/mol. The first kappa shape index (κ1) is 6.85. The van der Waals surface area contributed by atoms with E-state index >= 15 is 0 Å². The Labute approximate surface area is 66.0 Å². The normalized spacial score (nSPS) is 18.4. The van der Waals surface area contributed by atoms with Crippen LogP contribution in [-0.4, -0.2) is 10.2 Å². The first-order chi connectivity index (χ1) is 5.29. The van der Waals surface area contributed by atoms with E-state index in [9.17, 15) is 0 Å². The molecule has 3 heteroatoms. The second-order valence-corrected chi connectivity index (χ2v) is 3.21. The van der Waals surface area contributed by atoms with E-state index in [1.807, 2.05) is 6.92 Å². The molecule has 0 aromatic carbocycles. The minimum Gasteiger partial charge on any atom is -0.323 e. The van der Waals surface area contributed by atoms with Crippen LogP contribution >= 0.6 is 0 Å². The summed E-state index contributed by atoms with van der Waals surface area (Å²) < 4.78 is 0. The molecule has 0 radical (unpaired) electrons. The van der Waals surface area contributed by atoms with Gasteiger partial charge in [-0.25, -0.2) is 0 Å². The molecule has 0 amide bonds. The minimum absolute atomic E-state index is 0.0769. The van der Waals surface area contributed by atoms with Crippen LogP contribution in [0.4, 0.5) is 0 Å². The molecular formula is C8H13N3. The van der Waals surface area contributed by atoms with Crippen molar-refractivity contribution in [2.45, 2.75) is 32.2 Å². The van der Waals surface area contributed by atoms with Crippen LogP contribution in [0.1, 0.15) is 36.3 Å². The topological polar surface area (TPSA) is 54.7 Å². The molecule has 0 saturated heterocycles. The molecule has 11 heavy (non-hydrogen) atoms. The molecule has 0 fully saturated rings. The molecule has 1 aromatic rings. The smallest absolute Gasteiger partial charge is 0.0821 e. The highest BCUT2D eigenvalue weighted by Crippen LogP contribution is 2.25. The van der Waals surface area contributed by atoms with Gasteiger partial charge >= 0.3 is 0 Å². The van der Waals surface area contributed by atoms with Crippen molar-refractivity contribution >= 4 is 0 Å². The number of H-pyrrole nitrogens is 1. The van der Waals surface area contributed by atoms with E-state index in [1.165, 1.54) is 17.7 Å². The summed E-state index contributed by atoms with van der Waals surface area (Å²) in [5.74, 6) is 0. The van der Waals surface area contributed by atoms with Gasteiger partial charge in [-0.15, -0.1) is 0 Å². The molecule has 3 N–H and O–H groups in total. The molecule has 0 saturated carbocycles. The summed E-state index contributed by atoms with van der Waals surface area (Å²) in [6, 6.07) is 0.0769. The molecule has 1 aliphatic carbocycles. The molecule has 0 spiro atoms. The van der Waals surface area contributed by atoms with E-state index in [0.717, 1.165) is 18.5 Å². The summed E-state index contributed by atoms with van der Waals surface area (Å²) in [6.07, 6.45) is 3.56. The molecule has 0 bridgehead atoms. The first-order valence-corrected chi connectivity index (χ1v) is 4.10. The molecule has 1 aliphatic rings. The quantitative estimate of drug-likeness (QED) is 0.627. The number of aryl methyl sites for hydroxylation is 1. The maximum absolute atomic E-state index is 5.75. The average molecular weight is 151 g/mol. The molecule has 0 unspecified atom stereocenters. The fraction of sp³-hybridized carbons (Fsp3) is 0.625. The van der Waals surface area contributed by atoms with E-state index in [4.69, 9.17) is 5.73 Å². The SMILES string of the molecule is C[C@H](N)c1n[nH]c2c1CCC2. The number of aromatic nitrogens is 2. The van der Waals surface area contributed by atoms with Crippen LogP contribution in [0.3, 0.4) is 0 Å². The van der Waals surface area contributed by atoms with Gasteiger partial charge in [-0.05, 0) is 31.7 Å². The van der Waals surface area contributed by atoms with Gasteiger partial charge in [-0.2, -0.15) is 5.10 Å². The van der Waals surface area contributed by atoms with Gasteiger partial charge in [0, 0.05) is 11.7 Å². The number of nitrogens with one attached hydrogen (secondary N) is 1. The standard InChI is InChI=1S/C8H13N3/c1-5(9)8-6-3-2-4-7(6)10-11-8/h5H,2-4,9H2,1H3,(H,10,11)/t5-/m0/s1. The van der Waals surface area contributed by atoms with E-state index in [0.29, 0.717) is 0 Å². The van der Waals surface area contributed by atoms with Crippen molar-refractivity contribution in [2.24, 2.45) is 5.73 Å². The molecule has 1 aromatic heterocycles. The minimum atomic E-state index is 0.0769. The summed E-state index contributed by atoms with van der Waals surface area (Å²) in [4.78, 5) is 0. The molecule has 0 aliphatic heterocycles. The van der Waals surface area contributed by atoms with Crippen LogP contribution in [0.25, 0.3) is 0 Å². The number of hydrogen-bond acceptors (Lipinski definition) is 2. The van der Waals surface area contributed by atoms with Gasteiger partial charge in [0.15, 0.2) is 0 Å². The predicted molar refractivity (Wildman–Crippen MR) is 43.2 cm³/mol. The molecule has 2 rings (SSSR count). The lowest BCUT2D eigenvalue weighted by molar-refractivity contribution is 0.745. The van der Waals surface area contributed by atoms with Crippen molar-refractivity contribution in [1.82, 2.24) is 10.2 Å². The van der Waals surface area contributed by atoms with Gasteiger partial charge in [0.25, 0.3) is 0 Å². The Bertz CT molecular complexity index is 262. The van der Waals surface area contributed by atoms with E-state index in [-0.39, 0.29) is 6.04 Å². The summed E-state index contributed by atoms with van der Waals surface area (Å²) >= 11 is 0. The lowest BCUT2D eigenvalue weighted by Gasteiger charge is -2.01. The van der Waals surface area contributed by atoms with Gasteiger partial charge in [0.1, 0.15) is 0 Å². The predicted octanol–water partition coefficient (Wildman–Crippen LogP) is 0.918. The first-order valence-electron chi connectivity index (χ1n) is 4.10. The maximum atomic E-state index is 5.75. The van der Waals surface area contributed by atoms with Crippen molar-refractivity contribution in [1.29, 1.82) is 0 Å². The number of nitrogens with two attached hydrogens (primary N) is 1. The van der Waals surface area contributed by atoms with Crippen LogP contribution in [0, 0.1) is 0 Å². The Balaban J connectivity index is 2.42. The summed E-state index contributed by atoms with van der Waals surface area (Å²) in [5.41, 5.74) is 9.49. The Hall–Kier alpha value is -0.830. The second-order valence-electron chi connectivity index (χ2n) is 3.21. The maximum Gasteiger partial charge on any atom is 0.0821 e. The fourth-order valence-corrected chi connectivity index (χ4v) is 1.72. The molecule has 1 atom stereocenters. The van der Waals surface area contributed by atoms with Crippen molar-refractivity contribution in [3.8, 4) is 0 Å². The van der Waals surface area contributed by atoms with Crippen molar-refractivity contribution < 1.29 is 0 Å². The Morgan fingerprint density at radius 3 is 3.09 bits per heavy atom. The van der Waals surface area contributed by atoms with Gasteiger partial charge in [-0.3, -0.25) is 5.10 Å². The largest absolute Gasteiger partial charge is 0.323 e. The second kappa shape index (κ2) is 2.34. The summed E-state index contributed by atoms with van der Waals surface area (Å²) in [7, 11) is 0. The van der Waals surface area contributed by atoms with Crippen molar-refractivity contribution in [3.63, 3.8) is 0 Å². The van der Waals surface area contributed by atoms with Crippen LogP contribution in [0.15, 0.2) is 0 Å². The zero-order chi connectivity index (χ0) is 7.84. The van der Waals surface area contributed by atoms with Gasteiger partial charge < -0.3 is 5.73 Å². The van der Waals surface area contributed by atoms with E-state index in [2.05, 4.69) is 10.2 Å². The lowest BCUT2D eigenvalue weighted by Crippen LogP contribution is -2.07. The Kier molecular flexibility index (Phi) is 1.46. The molecule has 60 valence electrons. The fourth-order valence-electron chi connectivity index (χ4n) is 1.72. The van der Waals surface area contributed by atoms with Crippen LogP contribution < -0.4 is 5.73 Å². The zero-order valence-electron chi connectivity index (χ0n) is 6.72. The van der Waals surface area contributed by atoms with E-state index < -0.39 is 0 Å². The third kappa shape index (κ3) is 0.959. The number of fused-ring (bicyclic) bond motifs is 1. The van der Waals surface area contributed by atoms with Crippen LogP contribution in [0.5, 0.6) is 0 Å². The molecular weight excluding hydrogens is 138 g/mol. The zero-order valence-corrected chi connectivity index (χ0v) is 6.72. The highest BCUT2D eigenvalue weighted by Gasteiger charge is 2.19. The summed E-state index contributed by atoms with van der Waals surface area (Å²) in [6.45, 7) is 1.98. The third-order valence-electron chi connectivity index (χ3n) is 2.27. The van der Waals surface area contributed by atoms with Crippen LogP contribution in [-0.2, 0) is 12.8 Å². The molecule has 3 nitrogen and oxygen atoms in total. The Morgan fingerprint density at radius 1 is 1.55 bits per heavy atom.